The summed E-state index contributed by atoms with van der Waals surface area (Å²) in [6.45, 7) is 5.44. The maximum Gasteiger partial charge on any atom is 0.410 e. The van der Waals surface area contributed by atoms with E-state index in [-0.39, 0.29) is 12.3 Å². The molecule has 1 rings (SSSR count). The van der Waals surface area contributed by atoms with Crippen LogP contribution in [0.5, 0.6) is 5.75 Å². The van der Waals surface area contributed by atoms with Crippen LogP contribution in [0.4, 0.5) is 4.79 Å². The maximum atomic E-state index is 11.7. The van der Waals surface area contributed by atoms with Crippen LogP contribution in [0.25, 0.3) is 0 Å². The molecule has 0 bridgehead atoms. The van der Waals surface area contributed by atoms with E-state index in [4.69, 9.17) is 4.74 Å². The molecule has 0 radical (unpaired) electrons. The molecule has 5 heteroatoms. The Bertz CT molecular complexity index is 439. The zero-order valence-corrected chi connectivity index (χ0v) is 11.8. The highest BCUT2D eigenvalue weighted by molar-refractivity contribution is 5.67. The maximum absolute atomic E-state index is 11.7. The van der Waals surface area contributed by atoms with Crippen molar-refractivity contribution in [3.8, 4) is 5.75 Å². The summed E-state index contributed by atoms with van der Waals surface area (Å²) >= 11 is 0. The minimum absolute atomic E-state index is 0.0801. The van der Waals surface area contributed by atoms with E-state index in [0.29, 0.717) is 5.56 Å². The van der Waals surface area contributed by atoms with Gasteiger partial charge in [0.1, 0.15) is 11.4 Å². The molecule has 1 amide bonds. The molecule has 0 spiro atoms. The number of benzene rings is 1. The standard InChI is InChI=1S/C14H21NO4/c1-14(2,3)19-13(18)15(4)9-12(17)10-6-5-7-11(16)8-10/h5-8,12,16-17H,9H2,1-4H3/t12-/m0/s1. The third kappa shape index (κ3) is 5.18. The molecule has 0 unspecified atom stereocenters. The summed E-state index contributed by atoms with van der Waals surface area (Å²) in [5.74, 6) is 0.0801. The van der Waals surface area contributed by atoms with Crippen molar-refractivity contribution in [1.82, 2.24) is 4.90 Å². The number of nitrogens with zero attached hydrogens (tertiary/aromatic N) is 1. The third-order valence-electron chi connectivity index (χ3n) is 2.41. The molecule has 5 nitrogen and oxygen atoms in total. The first-order valence-electron chi connectivity index (χ1n) is 6.10. The van der Waals surface area contributed by atoms with Crippen LogP contribution in [0.1, 0.15) is 32.4 Å². The SMILES string of the molecule is CN(C[C@H](O)c1cccc(O)c1)C(=O)OC(C)(C)C. The molecule has 106 valence electrons. The Morgan fingerprint density at radius 1 is 1.42 bits per heavy atom. The lowest BCUT2D eigenvalue weighted by Crippen LogP contribution is -2.36. The molecule has 0 saturated carbocycles. The number of phenols is 1. The van der Waals surface area contributed by atoms with E-state index in [1.807, 2.05) is 0 Å². The fourth-order valence-corrected chi connectivity index (χ4v) is 1.51. The third-order valence-corrected chi connectivity index (χ3v) is 2.41. The van der Waals surface area contributed by atoms with E-state index in [2.05, 4.69) is 0 Å². The van der Waals surface area contributed by atoms with E-state index in [1.54, 1.807) is 40.0 Å². The van der Waals surface area contributed by atoms with Crippen LogP contribution in [0.15, 0.2) is 24.3 Å². The van der Waals surface area contributed by atoms with Gasteiger partial charge >= 0.3 is 6.09 Å². The smallest absolute Gasteiger partial charge is 0.410 e. The lowest BCUT2D eigenvalue weighted by atomic mass is 10.1. The van der Waals surface area contributed by atoms with Gasteiger partial charge in [0.15, 0.2) is 0 Å². The van der Waals surface area contributed by atoms with Gasteiger partial charge in [-0.15, -0.1) is 0 Å². The molecule has 0 fully saturated rings. The van der Waals surface area contributed by atoms with Gasteiger partial charge in [-0.2, -0.15) is 0 Å². The summed E-state index contributed by atoms with van der Waals surface area (Å²) in [4.78, 5) is 13.0. The molecule has 1 atom stereocenters. The minimum Gasteiger partial charge on any atom is -0.508 e. The van der Waals surface area contributed by atoms with Gasteiger partial charge in [-0.25, -0.2) is 4.79 Å². The van der Waals surface area contributed by atoms with Crippen molar-refractivity contribution in [2.45, 2.75) is 32.5 Å². The van der Waals surface area contributed by atoms with Crippen molar-refractivity contribution in [3.05, 3.63) is 29.8 Å². The number of hydrogen-bond acceptors (Lipinski definition) is 4. The van der Waals surface area contributed by atoms with Gasteiger partial charge < -0.3 is 19.8 Å². The molecule has 0 heterocycles. The quantitative estimate of drug-likeness (QED) is 0.881. The highest BCUT2D eigenvalue weighted by Gasteiger charge is 2.21. The first kappa shape index (κ1) is 15.3. The lowest BCUT2D eigenvalue weighted by molar-refractivity contribution is 0.0205. The highest BCUT2D eigenvalue weighted by atomic mass is 16.6. The number of phenolic OH excluding ortho intramolecular Hbond substituents is 1. The van der Waals surface area contributed by atoms with Crippen LogP contribution >= 0.6 is 0 Å². The summed E-state index contributed by atoms with van der Waals surface area (Å²) < 4.78 is 5.19. The Morgan fingerprint density at radius 3 is 2.58 bits per heavy atom. The van der Waals surface area contributed by atoms with Gasteiger partial charge in [-0.3, -0.25) is 0 Å². The molecular formula is C14H21NO4. The number of aliphatic hydroxyl groups excluding tert-OH is 1. The molecule has 1 aromatic rings. The summed E-state index contributed by atoms with van der Waals surface area (Å²) in [6, 6.07) is 6.32. The number of ether oxygens (including phenoxy) is 1. The minimum atomic E-state index is -0.871. The Balaban J connectivity index is 2.61. The number of likely N-dealkylation sites (N-methyl/N-ethyl adjacent to an activating group) is 1. The number of aromatic hydroxyl groups is 1. The molecule has 0 aliphatic heterocycles. The number of carbonyl (C=O) groups excluding carboxylic acids is 1. The Labute approximate surface area is 113 Å². The van der Waals surface area contributed by atoms with Crippen LogP contribution < -0.4 is 0 Å². The van der Waals surface area contributed by atoms with E-state index in [1.165, 1.54) is 17.0 Å². The molecule has 0 aliphatic carbocycles. The zero-order valence-electron chi connectivity index (χ0n) is 11.8. The number of aliphatic hydroxyl groups is 1. The molecule has 1 aromatic carbocycles. The molecule has 0 saturated heterocycles. The second-order valence-corrected chi connectivity index (χ2v) is 5.47. The summed E-state index contributed by atoms with van der Waals surface area (Å²) in [5.41, 5.74) is -0.0168. The fourth-order valence-electron chi connectivity index (χ4n) is 1.51. The predicted octanol–water partition coefficient (Wildman–Crippen LogP) is 2.29. The Morgan fingerprint density at radius 2 is 2.05 bits per heavy atom. The van der Waals surface area contributed by atoms with Crippen molar-refractivity contribution < 1.29 is 19.7 Å². The van der Waals surface area contributed by atoms with Crippen LogP contribution in [-0.4, -0.2) is 40.4 Å². The van der Waals surface area contributed by atoms with E-state index >= 15 is 0 Å². The zero-order chi connectivity index (χ0) is 14.6. The Kier molecular flexibility index (Phi) is 4.78. The monoisotopic (exact) mass is 267 g/mol. The number of hydrogen-bond donors (Lipinski definition) is 2. The molecule has 0 aromatic heterocycles. The van der Waals surface area contributed by atoms with Crippen molar-refractivity contribution in [2.24, 2.45) is 0 Å². The molecule has 2 N–H and O–H groups in total. The van der Waals surface area contributed by atoms with Gasteiger partial charge in [0.2, 0.25) is 0 Å². The largest absolute Gasteiger partial charge is 0.508 e. The average Bonchev–Trinajstić information content (AvgIpc) is 2.26. The van der Waals surface area contributed by atoms with E-state index < -0.39 is 17.8 Å². The van der Waals surface area contributed by atoms with Crippen molar-refractivity contribution in [1.29, 1.82) is 0 Å². The highest BCUT2D eigenvalue weighted by Crippen LogP contribution is 2.19. The molecular weight excluding hydrogens is 246 g/mol. The topological polar surface area (TPSA) is 70.0 Å². The van der Waals surface area contributed by atoms with Crippen molar-refractivity contribution in [3.63, 3.8) is 0 Å². The van der Waals surface area contributed by atoms with Crippen LogP contribution in [0.2, 0.25) is 0 Å². The Hall–Kier alpha value is -1.75. The van der Waals surface area contributed by atoms with Gasteiger partial charge in [-0.05, 0) is 38.5 Å². The lowest BCUT2D eigenvalue weighted by Gasteiger charge is -2.26. The van der Waals surface area contributed by atoms with Gasteiger partial charge in [0.25, 0.3) is 0 Å². The first-order chi connectivity index (χ1) is 8.69. The van der Waals surface area contributed by atoms with Gasteiger partial charge in [0.05, 0.1) is 12.6 Å². The van der Waals surface area contributed by atoms with Crippen molar-refractivity contribution >= 4 is 6.09 Å². The van der Waals surface area contributed by atoms with Gasteiger partial charge in [-0.1, -0.05) is 12.1 Å². The number of carbonyl (C=O) groups is 1. The number of amides is 1. The summed E-state index contributed by atoms with van der Waals surface area (Å²) in [5, 5.41) is 19.3. The molecule has 19 heavy (non-hydrogen) atoms. The van der Waals surface area contributed by atoms with Crippen LogP contribution in [-0.2, 0) is 4.74 Å². The summed E-state index contributed by atoms with van der Waals surface area (Å²) in [6.07, 6.45) is -1.36. The van der Waals surface area contributed by atoms with Crippen LogP contribution in [0, 0.1) is 0 Å². The average molecular weight is 267 g/mol. The first-order valence-corrected chi connectivity index (χ1v) is 6.10. The second kappa shape index (κ2) is 5.93. The predicted molar refractivity (Wildman–Crippen MR) is 71.9 cm³/mol. The normalized spacial score (nSPS) is 12.9. The second-order valence-electron chi connectivity index (χ2n) is 5.47. The van der Waals surface area contributed by atoms with Crippen LogP contribution in [0.3, 0.4) is 0 Å². The summed E-state index contributed by atoms with van der Waals surface area (Å²) in [7, 11) is 1.56. The fraction of sp³-hybridized carbons (Fsp3) is 0.500. The van der Waals surface area contributed by atoms with Gasteiger partial charge in [0, 0.05) is 7.05 Å². The van der Waals surface area contributed by atoms with E-state index in [0.717, 1.165) is 0 Å². The van der Waals surface area contributed by atoms with E-state index in [9.17, 15) is 15.0 Å². The van der Waals surface area contributed by atoms with Crippen molar-refractivity contribution in [2.75, 3.05) is 13.6 Å². The number of rotatable bonds is 3. The molecule has 0 aliphatic rings.